The van der Waals surface area contributed by atoms with Gasteiger partial charge < -0.3 is 15.6 Å². The van der Waals surface area contributed by atoms with E-state index in [0.29, 0.717) is 18.0 Å². The van der Waals surface area contributed by atoms with Gasteiger partial charge in [0.05, 0.1) is 6.10 Å². The number of rotatable bonds is 6. The molecular formula is C11H17NO2S. The monoisotopic (exact) mass is 227 g/mol. The average molecular weight is 227 g/mol. The van der Waals surface area contributed by atoms with Crippen LogP contribution in [0.1, 0.15) is 6.92 Å². The second-order valence-corrected chi connectivity index (χ2v) is 4.51. The van der Waals surface area contributed by atoms with Crippen molar-refractivity contribution in [2.45, 2.75) is 13.0 Å². The first-order valence-corrected chi connectivity index (χ1v) is 6.12. The topological polar surface area (TPSA) is 55.5 Å². The summed E-state index contributed by atoms with van der Waals surface area (Å²) in [6.07, 6.45) is -0.410. The van der Waals surface area contributed by atoms with E-state index in [1.54, 1.807) is 36.0 Å². The van der Waals surface area contributed by atoms with Gasteiger partial charge in [-0.25, -0.2) is 0 Å². The zero-order valence-electron chi connectivity index (χ0n) is 8.85. The zero-order chi connectivity index (χ0) is 11.1. The average Bonchev–Trinajstić information content (AvgIpc) is 2.25. The molecule has 0 aromatic heterocycles. The molecule has 1 atom stereocenters. The van der Waals surface area contributed by atoms with Gasteiger partial charge in [0.1, 0.15) is 12.4 Å². The number of hydrogen-bond donors (Lipinski definition) is 2. The molecule has 0 aliphatic rings. The highest BCUT2D eigenvalue weighted by atomic mass is 32.2. The summed E-state index contributed by atoms with van der Waals surface area (Å²) >= 11 is 1.70. The Morgan fingerprint density at radius 3 is 2.67 bits per heavy atom. The minimum Gasteiger partial charge on any atom is -0.491 e. The highest BCUT2D eigenvalue weighted by Gasteiger charge is 2.04. The van der Waals surface area contributed by atoms with Gasteiger partial charge >= 0.3 is 0 Å². The maximum atomic E-state index is 9.53. The molecule has 0 aliphatic carbocycles. The van der Waals surface area contributed by atoms with Crippen molar-refractivity contribution in [2.75, 3.05) is 23.8 Å². The van der Waals surface area contributed by atoms with Crippen LogP contribution in [-0.2, 0) is 0 Å². The number of thioether (sulfide) groups is 1. The Morgan fingerprint density at radius 1 is 1.40 bits per heavy atom. The van der Waals surface area contributed by atoms with E-state index in [-0.39, 0.29) is 0 Å². The third-order valence-corrected chi connectivity index (χ3v) is 2.87. The van der Waals surface area contributed by atoms with Gasteiger partial charge in [0, 0.05) is 11.4 Å². The number of nitrogens with two attached hydrogens (primary N) is 1. The lowest BCUT2D eigenvalue weighted by Crippen LogP contribution is -2.20. The predicted molar refractivity (Wildman–Crippen MR) is 65.4 cm³/mol. The Bertz CT molecular complexity index is 276. The van der Waals surface area contributed by atoms with E-state index in [1.807, 2.05) is 0 Å². The number of anilines is 1. The number of hydrogen-bond acceptors (Lipinski definition) is 4. The molecule has 3 N–H and O–H groups in total. The van der Waals surface area contributed by atoms with Crippen LogP contribution in [0.15, 0.2) is 24.3 Å². The van der Waals surface area contributed by atoms with Crippen LogP contribution in [0.2, 0.25) is 0 Å². The Balaban J connectivity index is 2.27. The maximum Gasteiger partial charge on any atom is 0.119 e. The number of ether oxygens (including phenoxy) is 1. The van der Waals surface area contributed by atoms with Crippen molar-refractivity contribution in [2.24, 2.45) is 0 Å². The first kappa shape index (κ1) is 12.2. The highest BCUT2D eigenvalue weighted by Crippen LogP contribution is 2.13. The number of nitrogen functional groups attached to an aromatic ring is 1. The maximum absolute atomic E-state index is 9.53. The van der Waals surface area contributed by atoms with Gasteiger partial charge in [0.25, 0.3) is 0 Å². The summed E-state index contributed by atoms with van der Waals surface area (Å²) in [6.45, 7) is 2.40. The Kier molecular flexibility index (Phi) is 5.36. The predicted octanol–water partition coefficient (Wildman–Crippen LogP) is 1.76. The summed E-state index contributed by atoms with van der Waals surface area (Å²) in [5.74, 6) is 2.47. The largest absolute Gasteiger partial charge is 0.491 e. The van der Waals surface area contributed by atoms with Crippen molar-refractivity contribution >= 4 is 17.4 Å². The van der Waals surface area contributed by atoms with Gasteiger partial charge in [-0.3, -0.25) is 0 Å². The van der Waals surface area contributed by atoms with Crippen LogP contribution in [0.4, 0.5) is 5.69 Å². The van der Waals surface area contributed by atoms with Gasteiger partial charge in [-0.1, -0.05) is 6.92 Å². The molecule has 0 amide bonds. The molecule has 0 radical (unpaired) electrons. The van der Waals surface area contributed by atoms with E-state index in [0.717, 1.165) is 11.5 Å². The standard InChI is InChI=1S/C11H17NO2S/c1-2-15-8-10(13)7-14-11-5-3-9(12)4-6-11/h3-6,10,13H,2,7-8,12H2,1H3. The molecule has 0 heterocycles. The molecule has 1 aromatic carbocycles. The molecule has 0 fully saturated rings. The third-order valence-electron chi connectivity index (χ3n) is 1.84. The van der Waals surface area contributed by atoms with E-state index < -0.39 is 6.10 Å². The molecule has 0 saturated heterocycles. The van der Waals surface area contributed by atoms with E-state index in [2.05, 4.69) is 6.92 Å². The molecule has 1 aromatic rings. The van der Waals surface area contributed by atoms with E-state index in [4.69, 9.17) is 10.5 Å². The lowest BCUT2D eigenvalue weighted by Gasteiger charge is -2.11. The molecule has 84 valence electrons. The number of benzene rings is 1. The molecule has 0 aliphatic heterocycles. The van der Waals surface area contributed by atoms with Crippen molar-refractivity contribution in [3.05, 3.63) is 24.3 Å². The lowest BCUT2D eigenvalue weighted by atomic mass is 10.3. The minimum atomic E-state index is -0.410. The van der Waals surface area contributed by atoms with Crippen molar-refractivity contribution in [3.8, 4) is 5.75 Å². The molecule has 0 bridgehead atoms. The van der Waals surface area contributed by atoms with Crippen LogP contribution in [0.5, 0.6) is 5.75 Å². The highest BCUT2D eigenvalue weighted by molar-refractivity contribution is 7.99. The summed E-state index contributed by atoms with van der Waals surface area (Å²) in [7, 11) is 0. The number of aliphatic hydroxyl groups is 1. The molecule has 3 nitrogen and oxygen atoms in total. The molecule has 15 heavy (non-hydrogen) atoms. The quantitative estimate of drug-likeness (QED) is 0.727. The van der Waals surface area contributed by atoms with Crippen LogP contribution < -0.4 is 10.5 Å². The Morgan fingerprint density at radius 2 is 2.07 bits per heavy atom. The normalized spacial score (nSPS) is 12.4. The fourth-order valence-corrected chi connectivity index (χ4v) is 1.66. The van der Waals surface area contributed by atoms with Gasteiger partial charge in [-0.05, 0) is 30.0 Å². The fraction of sp³-hybridized carbons (Fsp3) is 0.455. The summed E-state index contributed by atoms with van der Waals surface area (Å²) in [4.78, 5) is 0. The smallest absolute Gasteiger partial charge is 0.119 e. The van der Waals surface area contributed by atoms with Crippen LogP contribution in [0.25, 0.3) is 0 Å². The van der Waals surface area contributed by atoms with Crippen molar-refractivity contribution in [1.29, 1.82) is 0 Å². The lowest BCUT2D eigenvalue weighted by molar-refractivity contribution is 0.126. The molecular weight excluding hydrogens is 210 g/mol. The molecule has 1 unspecified atom stereocenters. The summed E-state index contributed by atoms with van der Waals surface area (Å²) in [5, 5.41) is 9.53. The van der Waals surface area contributed by atoms with Gasteiger partial charge in [-0.15, -0.1) is 0 Å². The van der Waals surface area contributed by atoms with Crippen LogP contribution in [0, 0.1) is 0 Å². The number of aliphatic hydroxyl groups excluding tert-OH is 1. The SMILES string of the molecule is CCSCC(O)COc1ccc(N)cc1. The Labute approximate surface area is 94.6 Å². The summed E-state index contributed by atoms with van der Waals surface area (Å²) in [5.41, 5.74) is 6.25. The second kappa shape index (κ2) is 6.58. The Hall–Kier alpha value is -0.870. The van der Waals surface area contributed by atoms with Crippen LogP contribution in [0.3, 0.4) is 0 Å². The second-order valence-electron chi connectivity index (χ2n) is 3.19. The first-order chi connectivity index (χ1) is 7.22. The molecule has 1 rings (SSSR count). The van der Waals surface area contributed by atoms with E-state index >= 15 is 0 Å². The van der Waals surface area contributed by atoms with Crippen molar-refractivity contribution < 1.29 is 9.84 Å². The third kappa shape index (κ3) is 4.95. The van der Waals surface area contributed by atoms with Gasteiger partial charge in [0.2, 0.25) is 0 Å². The molecule has 4 heteroatoms. The van der Waals surface area contributed by atoms with Crippen molar-refractivity contribution in [3.63, 3.8) is 0 Å². The summed E-state index contributed by atoms with van der Waals surface area (Å²) in [6, 6.07) is 7.16. The van der Waals surface area contributed by atoms with Crippen LogP contribution >= 0.6 is 11.8 Å². The fourth-order valence-electron chi connectivity index (χ4n) is 1.06. The zero-order valence-corrected chi connectivity index (χ0v) is 9.67. The minimum absolute atomic E-state index is 0.330. The van der Waals surface area contributed by atoms with Crippen molar-refractivity contribution in [1.82, 2.24) is 0 Å². The molecule has 0 spiro atoms. The molecule has 0 saturated carbocycles. The van der Waals surface area contributed by atoms with E-state index in [9.17, 15) is 5.11 Å². The summed E-state index contributed by atoms with van der Waals surface area (Å²) < 4.78 is 5.40. The van der Waals surface area contributed by atoms with Gasteiger partial charge in [0.15, 0.2) is 0 Å². The first-order valence-electron chi connectivity index (χ1n) is 4.96. The van der Waals surface area contributed by atoms with Gasteiger partial charge in [-0.2, -0.15) is 11.8 Å². The van der Waals surface area contributed by atoms with Crippen LogP contribution in [-0.4, -0.2) is 29.3 Å². The van der Waals surface area contributed by atoms with E-state index in [1.165, 1.54) is 0 Å².